The molecule has 8 rings (SSSR count). The van der Waals surface area contributed by atoms with E-state index in [0.717, 1.165) is 102 Å². The Morgan fingerprint density at radius 2 is 1.52 bits per heavy atom. The number of morpholine rings is 2. The van der Waals surface area contributed by atoms with Crippen molar-refractivity contribution in [3.63, 3.8) is 0 Å². The van der Waals surface area contributed by atoms with Crippen LogP contribution in [0.3, 0.4) is 0 Å². The molecule has 11 nitrogen and oxygen atoms in total. The summed E-state index contributed by atoms with van der Waals surface area (Å²) in [5, 5.41) is 12.3. The SMILES string of the molecule is C[C@]12CCC(=O)C=C1CC[C@@H]1C2=CC[C@@]2(C)[C@H]1CC[C@]2(O)C(=O)CN1CCN(c2cc(N3CCOCC3)nc(N3CCOCC3)n2)CC1. The van der Waals surface area contributed by atoms with E-state index in [1.165, 1.54) is 11.1 Å². The molecule has 1 N–H and O–H groups in total. The van der Waals surface area contributed by atoms with Crippen LogP contribution in [0.5, 0.6) is 0 Å². The number of anilines is 3. The molecule has 4 aliphatic carbocycles. The topological polar surface area (TPSA) is 112 Å². The maximum Gasteiger partial charge on any atom is 0.229 e. The summed E-state index contributed by atoms with van der Waals surface area (Å²) in [6.07, 6.45) is 9.88. The Morgan fingerprint density at radius 1 is 0.875 bits per heavy atom. The molecule has 0 bridgehead atoms. The number of carbonyl (C=O) groups is 2. The molecule has 0 radical (unpaired) electrons. The van der Waals surface area contributed by atoms with Gasteiger partial charge in [-0.15, -0.1) is 0 Å². The zero-order valence-electron chi connectivity index (χ0n) is 28.8. The second-order valence-electron chi connectivity index (χ2n) is 15.7. The average molecular weight is 661 g/mol. The maximum atomic E-state index is 14.1. The third kappa shape index (κ3) is 5.40. The molecule has 5 fully saturated rings. The highest BCUT2D eigenvalue weighted by molar-refractivity contribution is 5.92. The summed E-state index contributed by atoms with van der Waals surface area (Å²) in [6, 6.07) is 2.11. The third-order valence-electron chi connectivity index (χ3n) is 13.3. The van der Waals surface area contributed by atoms with Crippen molar-refractivity contribution in [2.24, 2.45) is 22.7 Å². The zero-order valence-corrected chi connectivity index (χ0v) is 28.8. The van der Waals surface area contributed by atoms with Crippen molar-refractivity contribution in [3.8, 4) is 0 Å². The van der Waals surface area contributed by atoms with Gasteiger partial charge in [0.05, 0.1) is 33.0 Å². The van der Waals surface area contributed by atoms with Crippen LogP contribution in [0, 0.1) is 22.7 Å². The molecule has 3 aliphatic heterocycles. The second-order valence-corrected chi connectivity index (χ2v) is 15.7. The number of ether oxygens (including phenoxy) is 2. The Bertz CT molecular complexity index is 1460. The molecular weight excluding hydrogens is 608 g/mol. The summed E-state index contributed by atoms with van der Waals surface area (Å²) in [6.45, 7) is 13.7. The van der Waals surface area contributed by atoms with Crippen molar-refractivity contribution in [2.45, 2.75) is 64.4 Å². The maximum absolute atomic E-state index is 14.1. The van der Waals surface area contributed by atoms with Crippen LogP contribution >= 0.6 is 0 Å². The molecule has 7 aliphatic rings. The second kappa shape index (κ2) is 12.5. The lowest BCUT2D eigenvalue weighted by Gasteiger charge is -2.54. The third-order valence-corrected chi connectivity index (χ3v) is 13.3. The van der Waals surface area contributed by atoms with Crippen LogP contribution in [0.1, 0.15) is 58.8 Å². The highest BCUT2D eigenvalue weighted by Gasteiger charge is 2.64. The summed E-state index contributed by atoms with van der Waals surface area (Å²) < 4.78 is 11.2. The van der Waals surface area contributed by atoms with Crippen molar-refractivity contribution in [1.29, 1.82) is 0 Å². The van der Waals surface area contributed by atoms with Crippen LogP contribution in [-0.4, -0.2) is 122 Å². The molecule has 48 heavy (non-hydrogen) atoms. The number of allylic oxidation sites excluding steroid dienone is 4. The van der Waals surface area contributed by atoms with Gasteiger partial charge in [-0.25, -0.2) is 0 Å². The predicted molar refractivity (Wildman–Crippen MR) is 183 cm³/mol. The van der Waals surface area contributed by atoms with E-state index in [0.29, 0.717) is 51.1 Å². The zero-order chi connectivity index (χ0) is 33.1. The molecule has 0 amide bonds. The van der Waals surface area contributed by atoms with E-state index in [4.69, 9.17) is 19.4 Å². The van der Waals surface area contributed by atoms with Crippen LogP contribution in [0.4, 0.5) is 17.6 Å². The number of rotatable bonds is 6. The largest absolute Gasteiger partial charge is 0.381 e. The average Bonchev–Trinajstić information content (AvgIpc) is 3.40. The molecule has 1 aromatic rings. The molecule has 11 heteroatoms. The van der Waals surface area contributed by atoms with Gasteiger partial charge in [0.1, 0.15) is 17.2 Å². The van der Waals surface area contributed by atoms with Gasteiger partial charge in [-0.1, -0.05) is 31.1 Å². The Labute approximate surface area is 284 Å². The van der Waals surface area contributed by atoms with Gasteiger partial charge >= 0.3 is 0 Å². The van der Waals surface area contributed by atoms with E-state index < -0.39 is 11.0 Å². The smallest absolute Gasteiger partial charge is 0.229 e. The van der Waals surface area contributed by atoms with E-state index in [1.807, 2.05) is 6.08 Å². The standard InChI is InChI=1S/C37H52N6O5/c1-35-8-5-27(44)23-26(35)3-4-28-29(35)6-9-36(2)30(28)7-10-37(36,46)31(45)25-40-11-13-41(14-12-40)32-24-33(42-15-19-47-20-16-42)39-34(38-32)43-17-21-48-22-18-43/h6,23-24,28,30,46H,3-5,7-22,25H2,1-2H3/t28-,30+,35+,36+,37+/m1/s1. The van der Waals surface area contributed by atoms with Crippen LogP contribution in [-0.2, 0) is 19.1 Å². The lowest BCUT2D eigenvalue weighted by molar-refractivity contribution is -0.154. The van der Waals surface area contributed by atoms with Crippen molar-refractivity contribution < 1.29 is 24.2 Å². The molecule has 3 saturated heterocycles. The predicted octanol–water partition coefficient (Wildman–Crippen LogP) is 3.02. The number of piperazine rings is 1. The molecule has 4 heterocycles. The first-order valence-corrected chi connectivity index (χ1v) is 18.4. The van der Waals surface area contributed by atoms with Crippen LogP contribution < -0.4 is 14.7 Å². The summed E-state index contributed by atoms with van der Waals surface area (Å²) in [4.78, 5) is 45.4. The lowest BCUT2D eigenvalue weighted by atomic mass is 9.50. The number of fused-ring (bicyclic) bond motifs is 5. The van der Waals surface area contributed by atoms with E-state index in [9.17, 15) is 14.7 Å². The first kappa shape index (κ1) is 32.4. The van der Waals surface area contributed by atoms with Crippen molar-refractivity contribution >= 4 is 29.2 Å². The molecule has 1 aromatic heterocycles. The minimum absolute atomic E-state index is 0.0186. The van der Waals surface area contributed by atoms with E-state index in [-0.39, 0.29) is 23.5 Å². The van der Waals surface area contributed by atoms with Crippen LogP contribution in [0.2, 0.25) is 0 Å². The Morgan fingerprint density at radius 3 is 2.21 bits per heavy atom. The fourth-order valence-electron chi connectivity index (χ4n) is 10.2. The number of carbonyl (C=O) groups excluding carboxylic acids is 2. The first-order valence-electron chi connectivity index (χ1n) is 18.4. The summed E-state index contributed by atoms with van der Waals surface area (Å²) >= 11 is 0. The fourth-order valence-corrected chi connectivity index (χ4v) is 10.2. The molecule has 2 saturated carbocycles. The molecular formula is C37H52N6O5. The van der Waals surface area contributed by atoms with Crippen molar-refractivity contribution in [1.82, 2.24) is 14.9 Å². The van der Waals surface area contributed by atoms with Gasteiger partial charge in [-0.3, -0.25) is 14.5 Å². The number of aromatic nitrogens is 2. The van der Waals surface area contributed by atoms with Crippen LogP contribution in [0.25, 0.3) is 0 Å². The summed E-state index contributed by atoms with van der Waals surface area (Å²) in [5.74, 6) is 3.53. The first-order chi connectivity index (χ1) is 23.2. The molecule has 0 unspecified atom stereocenters. The van der Waals surface area contributed by atoms with Gasteiger partial charge in [0.15, 0.2) is 11.6 Å². The van der Waals surface area contributed by atoms with Crippen molar-refractivity contribution in [2.75, 3.05) is 100 Å². The highest BCUT2D eigenvalue weighted by atomic mass is 16.5. The normalized spacial score (nSPS) is 35.8. The number of hydrogen-bond donors (Lipinski definition) is 1. The monoisotopic (exact) mass is 660 g/mol. The lowest BCUT2D eigenvalue weighted by Crippen LogP contribution is -2.58. The Balaban J connectivity index is 0.948. The minimum Gasteiger partial charge on any atom is -0.381 e. The Hall–Kier alpha value is -2.86. The number of Topliss-reactive ketones (excluding diaryl/α,β-unsaturated/α-hetero) is 1. The van der Waals surface area contributed by atoms with Gasteiger partial charge in [-0.05, 0) is 56.4 Å². The van der Waals surface area contributed by atoms with Gasteiger partial charge < -0.3 is 29.3 Å². The molecule has 0 aromatic carbocycles. The summed E-state index contributed by atoms with van der Waals surface area (Å²) in [5.41, 5.74) is 0.946. The fraction of sp³-hybridized carbons (Fsp3) is 0.730. The number of hydrogen-bond acceptors (Lipinski definition) is 11. The molecule has 5 atom stereocenters. The molecule has 0 spiro atoms. The van der Waals surface area contributed by atoms with Crippen molar-refractivity contribution in [3.05, 3.63) is 29.4 Å². The van der Waals surface area contributed by atoms with Gasteiger partial charge in [0.25, 0.3) is 0 Å². The van der Waals surface area contributed by atoms with E-state index in [1.54, 1.807) is 0 Å². The summed E-state index contributed by atoms with van der Waals surface area (Å²) in [7, 11) is 0. The number of aliphatic hydroxyl groups is 1. The number of ketones is 2. The quantitative estimate of drug-likeness (QED) is 0.455. The van der Waals surface area contributed by atoms with Gasteiger partial charge in [-0.2, -0.15) is 9.97 Å². The number of nitrogens with zero attached hydrogens (tertiary/aromatic N) is 6. The van der Waals surface area contributed by atoms with E-state index >= 15 is 0 Å². The minimum atomic E-state index is -1.32. The highest BCUT2D eigenvalue weighted by Crippen LogP contribution is 2.65. The molecule has 260 valence electrons. The van der Waals surface area contributed by atoms with Crippen LogP contribution in [0.15, 0.2) is 29.4 Å². The van der Waals surface area contributed by atoms with E-state index in [2.05, 4.69) is 45.6 Å². The Kier molecular flexibility index (Phi) is 8.41. The van der Waals surface area contributed by atoms with Gasteiger partial charge in [0, 0.05) is 75.7 Å². The van der Waals surface area contributed by atoms with Gasteiger partial charge in [0.2, 0.25) is 5.95 Å².